The number of piperidine rings is 1. The van der Waals surface area contributed by atoms with Crippen molar-refractivity contribution in [3.63, 3.8) is 0 Å². The van der Waals surface area contributed by atoms with Gasteiger partial charge in [-0.25, -0.2) is 9.97 Å². The molecule has 3 aliphatic heterocycles. The van der Waals surface area contributed by atoms with E-state index < -0.39 is 11.9 Å². The SMILES string of the molecule is CC[C@@H]1C(=O)N(C)c2cnc(Cc3ccc(C(=O)CCCOCCCCCCCCC(=O)Nc4cccc5c4CN(C4CCC(=O)NC4=O)C5=O)cc3OC)nc2N1Cc1ccc(Br)cc1.Cl. The first-order valence-corrected chi connectivity index (χ1v) is 23.7. The Kier molecular flexibility index (Phi) is 18.0. The zero-order chi connectivity index (χ0) is 46.7. The van der Waals surface area contributed by atoms with Gasteiger partial charge in [0.05, 0.1) is 13.3 Å². The molecule has 67 heavy (non-hydrogen) atoms. The van der Waals surface area contributed by atoms with Crippen LogP contribution in [0.25, 0.3) is 0 Å². The summed E-state index contributed by atoms with van der Waals surface area (Å²) in [7, 11) is 3.35. The van der Waals surface area contributed by atoms with Crippen LogP contribution < -0.4 is 25.2 Å². The second-order valence-corrected chi connectivity index (χ2v) is 18.0. The molecule has 0 bridgehead atoms. The molecule has 4 heterocycles. The molecule has 5 amide bonds. The molecule has 7 rings (SSSR count). The normalized spacial score (nSPS) is 16.6. The van der Waals surface area contributed by atoms with Crippen LogP contribution in [0.15, 0.2) is 71.3 Å². The maximum Gasteiger partial charge on any atom is 0.255 e. The first kappa shape index (κ1) is 50.7. The lowest BCUT2D eigenvalue weighted by Crippen LogP contribution is -2.52. The summed E-state index contributed by atoms with van der Waals surface area (Å²) in [5.74, 6) is 0.715. The molecule has 15 nitrogen and oxygen atoms in total. The van der Waals surface area contributed by atoms with Gasteiger partial charge in [-0.1, -0.05) is 78.9 Å². The molecule has 0 spiro atoms. The van der Waals surface area contributed by atoms with Crippen LogP contribution in [0, 0.1) is 0 Å². The predicted molar refractivity (Wildman–Crippen MR) is 261 cm³/mol. The Balaban J connectivity index is 0.00000741. The number of carbonyl (C=O) groups is 6. The molecule has 2 atom stereocenters. The number of rotatable bonds is 22. The van der Waals surface area contributed by atoms with E-state index >= 15 is 0 Å². The molecular formula is C50H59BrClN7O8. The number of hydrogen-bond acceptors (Lipinski definition) is 11. The van der Waals surface area contributed by atoms with Crippen molar-refractivity contribution >= 4 is 80.8 Å². The average Bonchev–Trinajstić information content (AvgIpc) is 3.65. The van der Waals surface area contributed by atoms with E-state index in [4.69, 9.17) is 14.5 Å². The van der Waals surface area contributed by atoms with Crippen molar-refractivity contribution in [3.8, 4) is 5.75 Å². The molecule has 3 aliphatic rings. The number of fused-ring (bicyclic) bond motifs is 2. The number of nitrogens with one attached hydrogen (secondary N) is 2. The number of aromatic nitrogens is 2. The van der Waals surface area contributed by atoms with Crippen LogP contribution in [0.1, 0.15) is 127 Å². The van der Waals surface area contributed by atoms with Gasteiger partial charge in [-0.3, -0.25) is 34.1 Å². The molecule has 1 fully saturated rings. The van der Waals surface area contributed by atoms with Gasteiger partial charge in [0.15, 0.2) is 11.6 Å². The number of anilines is 3. The number of imide groups is 1. The van der Waals surface area contributed by atoms with E-state index in [-0.39, 0.29) is 67.2 Å². The number of likely N-dealkylation sites (N-methyl/N-ethyl adjacent to an activating group) is 1. The standard InChI is InChI=1S/C50H58BrN7O8.ClH/c1-4-39-50(64)56(2)41-29-52-44(54-47(41)57(39)30-32-17-21-35(51)22-18-32)28-34-20-19-33(27-43(34)65-3)42(59)15-12-26-66-25-10-8-6-5-7-9-16-45(60)53-38-14-11-13-36-37(38)31-58(49(36)63)40-23-24-46(61)55-48(40)62;/h11,13-14,17-22,27,29,39-40H,4-10,12,15-16,23-26,28,30-31H2,1-3H3,(H,53,60)(H,55,61,62);1H/t39-,40?;/m1./s1. The molecule has 1 unspecified atom stereocenters. The Morgan fingerprint density at radius 1 is 0.925 bits per heavy atom. The van der Waals surface area contributed by atoms with E-state index in [1.54, 1.807) is 49.5 Å². The van der Waals surface area contributed by atoms with Gasteiger partial charge in [-0.15, -0.1) is 12.4 Å². The zero-order valence-electron chi connectivity index (χ0n) is 38.3. The van der Waals surface area contributed by atoms with Crippen molar-refractivity contribution in [1.82, 2.24) is 20.2 Å². The maximum atomic E-state index is 13.4. The molecule has 1 aromatic heterocycles. The third kappa shape index (κ3) is 12.4. The monoisotopic (exact) mass is 999 g/mol. The van der Waals surface area contributed by atoms with Gasteiger partial charge in [0, 0.05) is 91.4 Å². The van der Waals surface area contributed by atoms with Gasteiger partial charge >= 0.3 is 0 Å². The Labute approximate surface area is 406 Å². The second-order valence-electron chi connectivity index (χ2n) is 17.1. The van der Waals surface area contributed by atoms with E-state index in [9.17, 15) is 28.8 Å². The van der Waals surface area contributed by atoms with E-state index in [2.05, 4.69) is 36.4 Å². The Morgan fingerprint density at radius 3 is 2.42 bits per heavy atom. The summed E-state index contributed by atoms with van der Waals surface area (Å²) in [6.45, 7) is 3.86. The lowest BCUT2D eigenvalue weighted by atomic mass is 10.0. The first-order chi connectivity index (χ1) is 31.9. The van der Waals surface area contributed by atoms with Crippen molar-refractivity contribution in [1.29, 1.82) is 0 Å². The van der Waals surface area contributed by atoms with Crippen LogP contribution in [0.2, 0.25) is 0 Å². The van der Waals surface area contributed by atoms with Gasteiger partial charge in [0.2, 0.25) is 23.6 Å². The minimum absolute atomic E-state index is 0. The van der Waals surface area contributed by atoms with Crippen molar-refractivity contribution in [2.45, 2.75) is 116 Å². The van der Waals surface area contributed by atoms with Crippen LogP contribution in [-0.2, 0) is 43.4 Å². The molecule has 0 aliphatic carbocycles. The summed E-state index contributed by atoms with van der Waals surface area (Å²) in [5.41, 5.74) is 4.89. The van der Waals surface area contributed by atoms with Gasteiger partial charge < -0.3 is 29.5 Å². The van der Waals surface area contributed by atoms with Crippen LogP contribution in [0.3, 0.4) is 0 Å². The summed E-state index contributed by atoms with van der Waals surface area (Å²) in [6.07, 6.45) is 10.2. The number of hydrogen-bond donors (Lipinski definition) is 2. The minimum Gasteiger partial charge on any atom is -0.496 e. The lowest BCUT2D eigenvalue weighted by molar-refractivity contribution is -0.137. The molecule has 3 aromatic carbocycles. The number of ketones is 1. The zero-order valence-corrected chi connectivity index (χ0v) is 40.7. The molecule has 0 radical (unpaired) electrons. The summed E-state index contributed by atoms with van der Waals surface area (Å²) in [6, 6.07) is 17.7. The maximum absolute atomic E-state index is 13.4. The molecule has 1 saturated heterocycles. The number of benzene rings is 3. The van der Waals surface area contributed by atoms with Gasteiger partial charge in [0.25, 0.3) is 5.91 Å². The van der Waals surface area contributed by atoms with E-state index in [1.165, 1.54) is 4.90 Å². The third-order valence-electron chi connectivity index (χ3n) is 12.5. The highest BCUT2D eigenvalue weighted by Crippen LogP contribution is 2.37. The topological polar surface area (TPSA) is 180 Å². The number of methoxy groups -OCH3 is 1. The number of ether oxygens (including phenoxy) is 2. The van der Waals surface area contributed by atoms with Crippen molar-refractivity contribution in [2.75, 3.05) is 42.5 Å². The lowest BCUT2D eigenvalue weighted by Gasteiger charge is -2.40. The Bertz CT molecular complexity index is 2450. The first-order valence-electron chi connectivity index (χ1n) is 22.9. The summed E-state index contributed by atoms with van der Waals surface area (Å²) >= 11 is 3.51. The van der Waals surface area contributed by atoms with Crippen LogP contribution >= 0.6 is 28.3 Å². The Morgan fingerprint density at radius 2 is 1.67 bits per heavy atom. The number of carbonyl (C=O) groups excluding carboxylic acids is 6. The van der Waals surface area contributed by atoms with E-state index in [0.29, 0.717) is 97.3 Å². The van der Waals surface area contributed by atoms with E-state index in [0.717, 1.165) is 54.1 Å². The molecule has 0 saturated carbocycles. The average molecular weight is 1000 g/mol. The predicted octanol–water partition coefficient (Wildman–Crippen LogP) is 8.13. The third-order valence-corrected chi connectivity index (χ3v) is 13.1. The number of Topliss-reactive ketones (excluding diaryl/α,β-unsaturated/α-hetero) is 1. The molecule has 4 aromatic rings. The molecule has 2 N–H and O–H groups in total. The second kappa shape index (κ2) is 23.8. The van der Waals surface area contributed by atoms with Crippen molar-refractivity contribution in [3.05, 3.63) is 105 Å². The quantitative estimate of drug-likeness (QED) is 0.0441. The van der Waals surface area contributed by atoms with Gasteiger partial charge in [-0.05, 0) is 68.0 Å². The largest absolute Gasteiger partial charge is 0.496 e. The summed E-state index contributed by atoms with van der Waals surface area (Å²) in [5, 5.41) is 5.27. The number of nitrogens with zero attached hydrogens (tertiary/aromatic N) is 5. The number of halogens is 2. The molecule has 17 heteroatoms. The molecule has 356 valence electrons. The van der Waals surface area contributed by atoms with Crippen molar-refractivity contribution in [2.24, 2.45) is 0 Å². The highest BCUT2D eigenvalue weighted by molar-refractivity contribution is 9.10. The van der Waals surface area contributed by atoms with E-state index in [1.807, 2.05) is 43.3 Å². The van der Waals surface area contributed by atoms with Gasteiger partial charge in [-0.2, -0.15) is 0 Å². The highest BCUT2D eigenvalue weighted by atomic mass is 79.9. The van der Waals surface area contributed by atoms with Crippen molar-refractivity contribution < 1.29 is 38.2 Å². The minimum atomic E-state index is -0.706. The van der Waals surface area contributed by atoms with Gasteiger partial charge in [0.1, 0.15) is 29.3 Å². The smallest absolute Gasteiger partial charge is 0.255 e. The molecular weight excluding hydrogens is 942 g/mol. The summed E-state index contributed by atoms with van der Waals surface area (Å²) in [4.78, 5) is 91.2. The Hall–Kier alpha value is -5.71. The van der Waals surface area contributed by atoms with Crippen LogP contribution in [0.5, 0.6) is 5.75 Å². The fourth-order valence-corrected chi connectivity index (χ4v) is 9.12. The fraction of sp³-hybridized carbons (Fsp3) is 0.440. The fourth-order valence-electron chi connectivity index (χ4n) is 8.85. The number of unbranched alkanes of at least 4 members (excludes halogenated alkanes) is 5. The highest BCUT2D eigenvalue weighted by Gasteiger charge is 2.40. The number of amides is 5. The van der Waals surface area contributed by atoms with Crippen LogP contribution in [0.4, 0.5) is 17.2 Å². The van der Waals surface area contributed by atoms with Crippen LogP contribution in [-0.4, -0.2) is 89.6 Å². The summed E-state index contributed by atoms with van der Waals surface area (Å²) < 4.78 is 12.6.